The van der Waals surface area contributed by atoms with Crippen molar-refractivity contribution in [1.29, 1.82) is 10.5 Å². The van der Waals surface area contributed by atoms with Crippen LogP contribution < -0.4 is 0 Å². The van der Waals surface area contributed by atoms with Crippen LogP contribution in [0.3, 0.4) is 0 Å². The molecule has 0 N–H and O–H groups in total. The van der Waals surface area contributed by atoms with Gasteiger partial charge in [-0.05, 0) is 0 Å². The quantitative estimate of drug-likeness (QED) is 0.507. The van der Waals surface area contributed by atoms with E-state index in [0.717, 1.165) is 0 Å². The molecule has 0 aromatic carbocycles. The molecule has 0 saturated carbocycles. The van der Waals surface area contributed by atoms with Crippen molar-refractivity contribution in [2.24, 2.45) is 0 Å². The van der Waals surface area contributed by atoms with Crippen LogP contribution in [-0.2, 0) is 15.9 Å². The Hall–Kier alpha value is 0.222. The molecule has 5 heteroatoms. The maximum absolute atomic E-state index is 7.32. The molecular formula is C6H12Cl2N2Pd-2. The van der Waals surface area contributed by atoms with Crippen LogP contribution in [0.1, 0.15) is 13.8 Å². The van der Waals surface area contributed by atoms with Crippen molar-refractivity contribution in [3.63, 3.8) is 0 Å². The van der Waals surface area contributed by atoms with Crippen molar-refractivity contribution in [2.45, 2.75) is 13.8 Å². The van der Waals surface area contributed by atoms with Crippen molar-refractivity contribution >= 4 is 19.1 Å². The summed E-state index contributed by atoms with van der Waals surface area (Å²) in [6.07, 6.45) is 0. The third kappa shape index (κ3) is 14000. The molecule has 0 spiro atoms. The fourth-order valence-corrected chi connectivity index (χ4v) is 0. The summed E-state index contributed by atoms with van der Waals surface area (Å²) in [6.45, 7) is 2.86. The Kier molecular flexibility index (Phi) is 231. The molecule has 0 unspecified atom stereocenters. The van der Waals surface area contributed by atoms with Crippen LogP contribution in [0, 0.1) is 37.5 Å². The van der Waals surface area contributed by atoms with E-state index in [1.807, 2.05) is 0 Å². The van der Waals surface area contributed by atoms with Crippen LogP contribution in [0.25, 0.3) is 0 Å². The van der Waals surface area contributed by atoms with Gasteiger partial charge in [-0.2, -0.15) is 10.5 Å². The molecule has 0 rings (SSSR count). The van der Waals surface area contributed by atoms with Crippen molar-refractivity contribution in [3.8, 4) is 12.1 Å². The summed E-state index contributed by atoms with van der Waals surface area (Å²) in [4.78, 5) is 0. The Morgan fingerprint density at radius 3 is 1.00 bits per heavy atom. The van der Waals surface area contributed by atoms with Gasteiger partial charge in [0.1, 0.15) is 0 Å². The van der Waals surface area contributed by atoms with Crippen LogP contribution in [0.4, 0.5) is 0 Å². The minimum absolute atomic E-state index is 0. The molecule has 0 aromatic heterocycles. The van der Waals surface area contributed by atoms with Crippen molar-refractivity contribution in [1.82, 2.24) is 0 Å². The van der Waals surface area contributed by atoms with E-state index in [4.69, 9.17) is 29.6 Å². The van der Waals surface area contributed by atoms with Crippen molar-refractivity contribution < 1.29 is 15.9 Å². The number of rotatable bonds is 0. The van der Waals surface area contributed by atoms with E-state index in [-0.39, 0.29) is 30.8 Å². The van der Waals surface area contributed by atoms with Crippen LogP contribution in [-0.4, -0.2) is 0 Å². The maximum atomic E-state index is 7.32. The van der Waals surface area contributed by atoms with E-state index in [2.05, 4.69) is 0 Å². The van der Waals surface area contributed by atoms with Crippen LogP contribution >= 0.6 is 19.1 Å². The first-order valence-corrected chi connectivity index (χ1v) is 5.69. The normalized spacial score (nSPS) is 3.45. The summed E-state index contributed by atoms with van der Waals surface area (Å²) in [5.41, 5.74) is 0. The Balaban J connectivity index is -0.0000000150. The van der Waals surface area contributed by atoms with Gasteiger partial charge in [-0.15, -0.1) is 0 Å². The zero-order valence-electron chi connectivity index (χ0n) is 6.97. The fourth-order valence-electron chi connectivity index (χ4n) is 0. The van der Waals surface area contributed by atoms with Gasteiger partial charge in [0, 0.05) is 13.8 Å². The molecular weight excluding hydrogens is 277 g/mol. The van der Waals surface area contributed by atoms with Gasteiger partial charge in [-0.25, -0.2) is 0 Å². The third-order valence-corrected chi connectivity index (χ3v) is 0. The van der Waals surface area contributed by atoms with Gasteiger partial charge in [0.05, 0.1) is 12.1 Å². The summed E-state index contributed by atoms with van der Waals surface area (Å²) in [6, 6.07) is 3.50. The molecule has 11 heavy (non-hydrogen) atoms. The number of hydrogen-bond donors (Lipinski definition) is 0. The summed E-state index contributed by atoms with van der Waals surface area (Å²) < 4.78 is 0. The van der Waals surface area contributed by atoms with Gasteiger partial charge >= 0.3 is 35.0 Å². The van der Waals surface area contributed by atoms with Crippen LogP contribution in [0.2, 0.25) is 0 Å². The van der Waals surface area contributed by atoms with Gasteiger partial charge in [0.2, 0.25) is 0 Å². The van der Waals surface area contributed by atoms with E-state index in [1.165, 1.54) is 13.8 Å². The van der Waals surface area contributed by atoms with E-state index in [0.29, 0.717) is 0 Å². The first-order valence-electron chi connectivity index (χ1n) is 1.69. The third-order valence-electron chi connectivity index (χ3n) is 0. The second kappa shape index (κ2) is 83.7. The zero-order valence-corrected chi connectivity index (χ0v) is 10.0. The SMILES string of the molecule is CC#N.CC#N.[CH3-].[CH3-].[Cl][Pd][Cl]. The number of nitrogens with zero attached hydrogens (tertiary/aromatic N) is 2. The molecule has 0 saturated heterocycles. The van der Waals surface area contributed by atoms with Gasteiger partial charge in [-0.1, -0.05) is 0 Å². The van der Waals surface area contributed by atoms with E-state index in [1.54, 1.807) is 12.1 Å². The summed E-state index contributed by atoms with van der Waals surface area (Å²) in [5, 5.41) is 14.6. The number of nitriles is 2. The van der Waals surface area contributed by atoms with E-state index in [9.17, 15) is 0 Å². The van der Waals surface area contributed by atoms with Crippen LogP contribution in [0.5, 0.6) is 0 Å². The van der Waals surface area contributed by atoms with Gasteiger partial charge in [0.25, 0.3) is 0 Å². The predicted molar refractivity (Wildman–Crippen MR) is 47.1 cm³/mol. The minimum atomic E-state index is -0.106. The molecule has 0 aliphatic rings. The van der Waals surface area contributed by atoms with Crippen LogP contribution in [0.15, 0.2) is 0 Å². The molecule has 0 radical (unpaired) electrons. The molecule has 0 aromatic rings. The Labute approximate surface area is 86.2 Å². The number of halogens is 2. The molecule has 0 atom stereocenters. The monoisotopic (exact) mass is 288 g/mol. The molecule has 72 valence electrons. The predicted octanol–water partition coefficient (Wildman–Crippen LogP) is 3.34. The molecule has 2 nitrogen and oxygen atoms in total. The van der Waals surface area contributed by atoms with Crippen molar-refractivity contribution in [3.05, 3.63) is 14.9 Å². The summed E-state index contributed by atoms with van der Waals surface area (Å²) >= 11 is -0.106. The van der Waals surface area contributed by atoms with Gasteiger partial charge < -0.3 is 14.9 Å². The molecule has 0 bridgehead atoms. The zero-order chi connectivity index (χ0) is 8.12. The summed E-state index contributed by atoms with van der Waals surface area (Å²) in [5.74, 6) is 0. The van der Waals surface area contributed by atoms with Gasteiger partial charge in [-0.3, -0.25) is 0 Å². The Bertz CT molecular complexity index is 83.7. The summed E-state index contributed by atoms with van der Waals surface area (Å²) in [7, 11) is 9.63. The standard InChI is InChI=1S/2C2H3N.2CH3.2ClH.Pd/c2*1-2-3;;;;;/h2*1H3;2*1H3;2*1H;/q;;2*-1;;;+2/p-2. The molecule has 0 amide bonds. The Morgan fingerprint density at radius 1 is 1.00 bits per heavy atom. The van der Waals surface area contributed by atoms with E-state index < -0.39 is 0 Å². The number of hydrogen-bond acceptors (Lipinski definition) is 2. The van der Waals surface area contributed by atoms with Gasteiger partial charge in [0.15, 0.2) is 0 Å². The average Bonchev–Trinajstić information content (AvgIpc) is 1.70. The average molecular weight is 290 g/mol. The second-order valence-electron chi connectivity index (χ2n) is 0.492. The van der Waals surface area contributed by atoms with Crippen molar-refractivity contribution in [2.75, 3.05) is 0 Å². The fraction of sp³-hybridized carbons (Fsp3) is 0.333. The molecule has 0 aliphatic carbocycles. The first-order chi connectivity index (χ1) is 4.24. The molecule has 0 aliphatic heterocycles. The molecule has 0 heterocycles. The second-order valence-corrected chi connectivity index (χ2v) is 2.85. The topological polar surface area (TPSA) is 47.6 Å². The first kappa shape index (κ1) is 30.3. The van der Waals surface area contributed by atoms with E-state index >= 15 is 0 Å². The molecule has 0 fully saturated rings. The Morgan fingerprint density at radius 2 is 1.00 bits per heavy atom.